The van der Waals surface area contributed by atoms with Crippen LogP contribution in [-0.4, -0.2) is 85.1 Å². The highest BCUT2D eigenvalue weighted by Crippen LogP contribution is 2.28. The van der Waals surface area contributed by atoms with Crippen LogP contribution in [0.5, 0.6) is 5.75 Å². The van der Waals surface area contributed by atoms with Gasteiger partial charge in [0.25, 0.3) is 0 Å². The summed E-state index contributed by atoms with van der Waals surface area (Å²) in [6.07, 6.45) is 3.32. The van der Waals surface area contributed by atoms with Crippen molar-refractivity contribution in [1.29, 1.82) is 0 Å². The highest BCUT2D eigenvalue weighted by atomic mass is 16.5. The number of hydrogen-bond acceptors (Lipinski definition) is 5. The van der Waals surface area contributed by atoms with E-state index in [0.29, 0.717) is 6.54 Å². The maximum Gasteiger partial charge on any atom is 0.312 e. The Bertz CT molecular complexity index is 999. The Kier molecular flexibility index (Phi) is 8.83. The lowest BCUT2D eigenvalue weighted by Gasteiger charge is -2.43. The molecule has 8 heteroatoms. The number of hydrogen-bond donors (Lipinski definition) is 2. The number of carbonyl (C=O) groups excluding carboxylic acids is 2. The summed E-state index contributed by atoms with van der Waals surface area (Å²) in [7, 11) is 1.70. The van der Waals surface area contributed by atoms with Crippen molar-refractivity contribution >= 4 is 11.9 Å². The smallest absolute Gasteiger partial charge is 0.312 e. The number of amides is 3. The number of nitrogens with zero attached hydrogens (tertiary/aromatic N) is 3. The molecule has 3 amide bonds. The molecule has 8 nitrogen and oxygen atoms in total. The van der Waals surface area contributed by atoms with Gasteiger partial charge in [-0.05, 0) is 37.3 Å². The molecule has 0 bridgehead atoms. The summed E-state index contributed by atoms with van der Waals surface area (Å²) < 4.78 is 5.48. The lowest BCUT2D eigenvalue weighted by Crippen LogP contribution is -2.58. The van der Waals surface area contributed by atoms with Crippen LogP contribution in [0.2, 0.25) is 0 Å². The Hall–Kier alpha value is -3.10. The van der Waals surface area contributed by atoms with Gasteiger partial charge in [0, 0.05) is 56.9 Å². The van der Waals surface area contributed by atoms with Crippen molar-refractivity contribution < 1.29 is 14.3 Å². The number of primary amides is 1. The second-order valence-electron chi connectivity index (χ2n) is 10.0. The van der Waals surface area contributed by atoms with E-state index in [2.05, 4.69) is 33.3 Å². The Morgan fingerprint density at radius 1 is 0.917 bits per heavy atom. The number of likely N-dealkylation sites (tertiary alicyclic amines) is 1. The van der Waals surface area contributed by atoms with E-state index in [9.17, 15) is 9.59 Å². The van der Waals surface area contributed by atoms with Crippen molar-refractivity contribution in [2.75, 3.05) is 52.9 Å². The summed E-state index contributed by atoms with van der Waals surface area (Å²) in [6, 6.07) is 17.9. The molecule has 3 N–H and O–H groups in total. The van der Waals surface area contributed by atoms with Crippen LogP contribution >= 0.6 is 0 Å². The van der Waals surface area contributed by atoms with Gasteiger partial charge >= 0.3 is 6.03 Å². The van der Waals surface area contributed by atoms with Crippen molar-refractivity contribution in [2.45, 2.75) is 37.8 Å². The molecule has 2 aromatic rings. The number of piperidine rings is 1. The maximum absolute atomic E-state index is 13.0. The second-order valence-corrected chi connectivity index (χ2v) is 10.0. The van der Waals surface area contributed by atoms with Crippen molar-refractivity contribution in [3.63, 3.8) is 0 Å². The zero-order valence-corrected chi connectivity index (χ0v) is 21.3. The van der Waals surface area contributed by atoms with Crippen LogP contribution in [0.25, 0.3) is 0 Å². The van der Waals surface area contributed by atoms with E-state index in [0.717, 1.165) is 77.2 Å². The third-order valence-corrected chi connectivity index (χ3v) is 7.61. The number of piperazine rings is 1. The zero-order valence-electron chi connectivity index (χ0n) is 21.3. The van der Waals surface area contributed by atoms with Gasteiger partial charge in [0.1, 0.15) is 5.75 Å². The molecule has 2 aliphatic heterocycles. The van der Waals surface area contributed by atoms with Crippen LogP contribution in [0.1, 0.15) is 30.4 Å². The molecule has 2 aliphatic rings. The van der Waals surface area contributed by atoms with E-state index in [1.54, 1.807) is 7.11 Å². The highest BCUT2D eigenvalue weighted by molar-refractivity contribution is 5.78. The SMILES string of the molecule is COc1ccccc1CN1CCN(C(=O)CN2CCC(CCc3ccccc3)(NC(N)=O)CC2)CC1. The Balaban J connectivity index is 1.23. The lowest BCUT2D eigenvalue weighted by molar-refractivity contribution is -0.134. The van der Waals surface area contributed by atoms with Gasteiger partial charge in [-0.2, -0.15) is 0 Å². The van der Waals surface area contributed by atoms with Gasteiger partial charge in [-0.15, -0.1) is 0 Å². The average Bonchev–Trinajstić information content (AvgIpc) is 2.90. The van der Waals surface area contributed by atoms with Crippen LogP contribution in [-0.2, 0) is 17.8 Å². The van der Waals surface area contributed by atoms with Crippen molar-refractivity contribution in [3.8, 4) is 5.75 Å². The van der Waals surface area contributed by atoms with Gasteiger partial charge in [-0.1, -0.05) is 48.5 Å². The Labute approximate surface area is 214 Å². The summed E-state index contributed by atoms with van der Waals surface area (Å²) in [4.78, 5) is 31.4. The minimum atomic E-state index is -0.474. The Morgan fingerprint density at radius 3 is 2.25 bits per heavy atom. The first-order valence-electron chi connectivity index (χ1n) is 12.9. The third-order valence-electron chi connectivity index (χ3n) is 7.61. The number of nitrogens with two attached hydrogens (primary N) is 1. The molecule has 0 aliphatic carbocycles. The molecule has 0 saturated carbocycles. The van der Waals surface area contributed by atoms with E-state index in [-0.39, 0.29) is 11.4 Å². The van der Waals surface area contributed by atoms with E-state index >= 15 is 0 Å². The van der Waals surface area contributed by atoms with Gasteiger partial charge in [-0.25, -0.2) is 4.79 Å². The number of nitrogens with one attached hydrogen (secondary N) is 1. The molecule has 0 spiro atoms. The van der Waals surface area contributed by atoms with E-state index in [4.69, 9.17) is 10.5 Å². The molecule has 2 fully saturated rings. The summed E-state index contributed by atoms with van der Waals surface area (Å²) >= 11 is 0. The normalized spacial score (nSPS) is 18.5. The van der Waals surface area contributed by atoms with Gasteiger partial charge in [0.2, 0.25) is 5.91 Å². The average molecular weight is 494 g/mol. The predicted molar refractivity (Wildman–Crippen MR) is 141 cm³/mol. The quantitative estimate of drug-likeness (QED) is 0.560. The first-order chi connectivity index (χ1) is 17.5. The molecule has 2 heterocycles. The van der Waals surface area contributed by atoms with Crippen LogP contribution in [0.4, 0.5) is 4.79 Å². The monoisotopic (exact) mass is 493 g/mol. The predicted octanol–water partition coefficient (Wildman–Crippen LogP) is 2.48. The number of carbonyl (C=O) groups is 2. The third kappa shape index (κ3) is 6.98. The minimum absolute atomic E-state index is 0.187. The topological polar surface area (TPSA) is 91.1 Å². The molecular weight excluding hydrogens is 454 g/mol. The fourth-order valence-electron chi connectivity index (χ4n) is 5.39. The fourth-order valence-corrected chi connectivity index (χ4v) is 5.39. The van der Waals surface area contributed by atoms with Crippen LogP contribution in [0.3, 0.4) is 0 Å². The molecule has 2 saturated heterocycles. The van der Waals surface area contributed by atoms with Gasteiger partial charge in [0.15, 0.2) is 0 Å². The molecule has 0 unspecified atom stereocenters. The summed E-state index contributed by atoms with van der Waals surface area (Å²) in [5, 5.41) is 3.04. The molecule has 36 heavy (non-hydrogen) atoms. The van der Waals surface area contributed by atoms with E-state index < -0.39 is 6.03 Å². The number of aryl methyl sites for hydroxylation is 1. The van der Waals surface area contributed by atoms with E-state index in [1.165, 1.54) is 11.1 Å². The number of methoxy groups -OCH3 is 1. The molecule has 0 atom stereocenters. The van der Waals surface area contributed by atoms with Crippen molar-refractivity contribution in [3.05, 3.63) is 65.7 Å². The number of rotatable bonds is 9. The van der Waals surface area contributed by atoms with Gasteiger partial charge in [0.05, 0.1) is 13.7 Å². The van der Waals surface area contributed by atoms with Gasteiger partial charge in [-0.3, -0.25) is 14.6 Å². The molecule has 2 aromatic carbocycles. The van der Waals surface area contributed by atoms with Crippen molar-refractivity contribution in [2.24, 2.45) is 5.73 Å². The maximum atomic E-state index is 13.0. The molecular formula is C28H39N5O3. The summed E-state index contributed by atoms with van der Waals surface area (Å²) in [5.74, 6) is 1.10. The number of urea groups is 1. The largest absolute Gasteiger partial charge is 0.496 e. The van der Waals surface area contributed by atoms with Crippen LogP contribution in [0, 0.1) is 0 Å². The highest BCUT2D eigenvalue weighted by Gasteiger charge is 2.36. The molecule has 4 rings (SSSR count). The molecule has 0 radical (unpaired) electrons. The van der Waals surface area contributed by atoms with Crippen molar-refractivity contribution in [1.82, 2.24) is 20.0 Å². The van der Waals surface area contributed by atoms with Gasteiger partial charge < -0.3 is 20.7 Å². The standard InChI is InChI=1S/C28H39N5O3/c1-36-25-10-6-5-9-24(25)21-32-17-19-33(20-18-32)26(34)22-31-15-13-28(14-16-31,30-27(29)35)12-11-23-7-3-2-4-8-23/h2-10H,11-22H2,1H3,(H3,29,30,35). The summed E-state index contributed by atoms with van der Waals surface area (Å²) in [5.41, 5.74) is 7.65. The zero-order chi connectivity index (χ0) is 25.4. The number of benzene rings is 2. The fraction of sp³-hybridized carbons (Fsp3) is 0.500. The molecule has 0 aromatic heterocycles. The summed E-state index contributed by atoms with van der Waals surface area (Å²) in [6.45, 7) is 6.00. The lowest BCUT2D eigenvalue weighted by atomic mass is 9.82. The number of para-hydroxylation sites is 1. The first kappa shape index (κ1) is 26.0. The minimum Gasteiger partial charge on any atom is -0.496 e. The Morgan fingerprint density at radius 2 is 1.58 bits per heavy atom. The van der Waals surface area contributed by atoms with E-state index in [1.807, 2.05) is 41.3 Å². The first-order valence-corrected chi connectivity index (χ1v) is 12.9. The second kappa shape index (κ2) is 12.2. The van der Waals surface area contributed by atoms with Crippen LogP contribution in [0.15, 0.2) is 54.6 Å². The van der Waals surface area contributed by atoms with Crippen LogP contribution < -0.4 is 15.8 Å². The number of ether oxygens (including phenoxy) is 1. The molecule has 194 valence electrons.